The lowest BCUT2D eigenvalue weighted by molar-refractivity contribution is -0.136. The van der Waals surface area contributed by atoms with E-state index in [9.17, 15) is 9.59 Å². The standard InChI is InChI=1S/C16H22BrNO4/c1-15(2,3)22-14(20)18-10-11-6-8-12(9-7-11)21-13(19)16(4,5)17/h6-9H,10H2,1-5H3,(H,18,20). The van der Waals surface area contributed by atoms with E-state index in [2.05, 4.69) is 21.2 Å². The summed E-state index contributed by atoms with van der Waals surface area (Å²) >= 11 is 3.24. The van der Waals surface area contributed by atoms with Crippen molar-refractivity contribution in [3.63, 3.8) is 0 Å². The normalized spacial score (nSPS) is 11.7. The molecule has 0 unspecified atom stereocenters. The number of carbonyl (C=O) groups is 2. The SMILES string of the molecule is CC(C)(C)OC(=O)NCc1ccc(OC(=O)C(C)(C)Br)cc1. The van der Waals surface area contributed by atoms with E-state index in [-0.39, 0.29) is 5.97 Å². The Kier molecular flexibility index (Phi) is 6.00. The van der Waals surface area contributed by atoms with Crippen LogP contribution in [-0.2, 0) is 16.1 Å². The second-order valence-electron chi connectivity index (χ2n) is 6.36. The van der Waals surface area contributed by atoms with Crippen LogP contribution in [-0.4, -0.2) is 22.0 Å². The van der Waals surface area contributed by atoms with Crippen LogP contribution in [0.25, 0.3) is 0 Å². The first-order valence-electron chi connectivity index (χ1n) is 6.94. The minimum Gasteiger partial charge on any atom is -0.444 e. The van der Waals surface area contributed by atoms with Gasteiger partial charge in [0.25, 0.3) is 0 Å². The molecule has 0 atom stereocenters. The van der Waals surface area contributed by atoms with Gasteiger partial charge in [-0.15, -0.1) is 0 Å². The predicted molar refractivity (Wildman–Crippen MR) is 88.2 cm³/mol. The number of hydrogen-bond donors (Lipinski definition) is 1. The molecule has 0 aliphatic rings. The molecule has 0 aliphatic carbocycles. The van der Waals surface area contributed by atoms with Crippen LogP contribution in [0.15, 0.2) is 24.3 Å². The third kappa shape index (κ3) is 6.93. The Bertz CT molecular complexity index is 527. The molecular weight excluding hydrogens is 350 g/mol. The molecule has 0 fully saturated rings. The molecule has 1 amide bonds. The van der Waals surface area contributed by atoms with E-state index in [1.807, 2.05) is 0 Å². The fourth-order valence-corrected chi connectivity index (χ4v) is 1.47. The molecule has 6 heteroatoms. The highest BCUT2D eigenvalue weighted by atomic mass is 79.9. The molecule has 0 saturated heterocycles. The van der Waals surface area contributed by atoms with Gasteiger partial charge in [-0.1, -0.05) is 28.1 Å². The van der Waals surface area contributed by atoms with E-state index in [0.29, 0.717) is 12.3 Å². The lowest BCUT2D eigenvalue weighted by Gasteiger charge is -2.19. The molecule has 0 radical (unpaired) electrons. The van der Waals surface area contributed by atoms with Crippen molar-refractivity contribution in [2.75, 3.05) is 0 Å². The summed E-state index contributed by atoms with van der Waals surface area (Å²) in [6.07, 6.45) is -0.468. The highest BCUT2D eigenvalue weighted by Gasteiger charge is 2.26. The predicted octanol–water partition coefficient (Wildman–Crippen LogP) is 3.79. The number of rotatable bonds is 4. The second kappa shape index (κ2) is 7.13. The minimum absolute atomic E-state index is 0.340. The van der Waals surface area contributed by atoms with Gasteiger partial charge in [0.2, 0.25) is 0 Å². The zero-order chi connectivity index (χ0) is 17.0. The monoisotopic (exact) mass is 371 g/mol. The molecule has 1 rings (SSSR count). The molecule has 1 N–H and O–H groups in total. The zero-order valence-corrected chi connectivity index (χ0v) is 15.1. The van der Waals surface area contributed by atoms with Crippen molar-refractivity contribution in [3.8, 4) is 5.75 Å². The Labute approximate surface area is 139 Å². The van der Waals surface area contributed by atoms with Gasteiger partial charge in [0.05, 0.1) is 0 Å². The van der Waals surface area contributed by atoms with Gasteiger partial charge in [-0.2, -0.15) is 0 Å². The van der Waals surface area contributed by atoms with Gasteiger partial charge in [-0.05, 0) is 52.3 Å². The first-order chi connectivity index (χ1) is 9.97. The highest BCUT2D eigenvalue weighted by molar-refractivity contribution is 9.10. The topological polar surface area (TPSA) is 64.6 Å². The van der Waals surface area contributed by atoms with E-state index in [4.69, 9.17) is 9.47 Å². The van der Waals surface area contributed by atoms with Gasteiger partial charge >= 0.3 is 12.1 Å². The summed E-state index contributed by atoms with van der Waals surface area (Å²) in [7, 11) is 0. The third-order valence-electron chi connectivity index (χ3n) is 2.46. The summed E-state index contributed by atoms with van der Waals surface area (Å²) in [6.45, 7) is 9.19. The van der Waals surface area contributed by atoms with Crippen LogP contribution in [0.5, 0.6) is 5.75 Å². The maximum absolute atomic E-state index is 11.7. The number of amides is 1. The molecule has 0 aliphatic heterocycles. The maximum Gasteiger partial charge on any atom is 0.407 e. The summed E-state index contributed by atoms with van der Waals surface area (Å²) in [5.41, 5.74) is 0.355. The van der Waals surface area contributed by atoms with Crippen molar-refractivity contribution in [2.24, 2.45) is 0 Å². The van der Waals surface area contributed by atoms with Gasteiger partial charge in [0, 0.05) is 6.54 Å². The van der Waals surface area contributed by atoms with Crippen molar-refractivity contribution < 1.29 is 19.1 Å². The van der Waals surface area contributed by atoms with Crippen molar-refractivity contribution >= 4 is 28.0 Å². The summed E-state index contributed by atoms with van der Waals surface area (Å²) < 4.78 is 9.64. The fourth-order valence-electron chi connectivity index (χ4n) is 1.39. The van der Waals surface area contributed by atoms with E-state index in [1.54, 1.807) is 58.9 Å². The van der Waals surface area contributed by atoms with Gasteiger partial charge < -0.3 is 14.8 Å². The lowest BCUT2D eigenvalue weighted by atomic mass is 10.2. The molecule has 1 aromatic carbocycles. The van der Waals surface area contributed by atoms with E-state index in [0.717, 1.165) is 5.56 Å². The summed E-state index contributed by atoms with van der Waals surface area (Å²) in [5, 5.41) is 2.66. The van der Waals surface area contributed by atoms with Crippen LogP contribution < -0.4 is 10.1 Å². The first-order valence-corrected chi connectivity index (χ1v) is 7.74. The van der Waals surface area contributed by atoms with Crippen LogP contribution >= 0.6 is 15.9 Å². The van der Waals surface area contributed by atoms with Crippen molar-refractivity contribution in [1.82, 2.24) is 5.32 Å². The fraction of sp³-hybridized carbons (Fsp3) is 0.500. The van der Waals surface area contributed by atoms with Gasteiger partial charge in [-0.25, -0.2) is 4.79 Å². The van der Waals surface area contributed by atoms with Gasteiger partial charge in [0.15, 0.2) is 0 Å². The van der Waals surface area contributed by atoms with E-state index >= 15 is 0 Å². The number of alkyl carbamates (subject to hydrolysis) is 1. The van der Waals surface area contributed by atoms with Crippen LogP contribution in [0, 0.1) is 0 Å². The lowest BCUT2D eigenvalue weighted by Crippen LogP contribution is -2.32. The zero-order valence-electron chi connectivity index (χ0n) is 13.5. The number of hydrogen-bond acceptors (Lipinski definition) is 4. The first kappa shape index (κ1) is 18.5. The molecule has 22 heavy (non-hydrogen) atoms. The Morgan fingerprint density at radius 1 is 1.09 bits per heavy atom. The van der Waals surface area contributed by atoms with E-state index < -0.39 is 16.0 Å². The van der Waals surface area contributed by atoms with Crippen LogP contribution in [0.3, 0.4) is 0 Å². The Balaban J connectivity index is 2.52. The average Bonchev–Trinajstić information content (AvgIpc) is 2.34. The van der Waals surface area contributed by atoms with Crippen molar-refractivity contribution in [2.45, 2.75) is 51.1 Å². The van der Waals surface area contributed by atoms with E-state index in [1.165, 1.54) is 0 Å². The average molecular weight is 372 g/mol. The van der Waals surface area contributed by atoms with Gasteiger partial charge in [0.1, 0.15) is 15.7 Å². The Morgan fingerprint density at radius 3 is 2.09 bits per heavy atom. The highest BCUT2D eigenvalue weighted by Crippen LogP contribution is 2.21. The van der Waals surface area contributed by atoms with Crippen LogP contribution in [0.2, 0.25) is 0 Å². The number of halogens is 1. The molecule has 0 bridgehead atoms. The van der Waals surface area contributed by atoms with Crippen molar-refractivity contribution in [1.29, 1.82) is 0 Å². The third-order valence-corrected chi connectivity index (χ3v) is 2.78. The number of nitrogens with one attached hydrogen (secondary N) is 1. The Morgan fingerprint density at radius 2 is 1.64 bits per heavy atom. The molecular formula is C16H22BrNO4. The maximum atomic E-state index is 11.7. The molecule has 0 heterocycles. The number of ether oxygens (including phenoxy) is 2. The summed E-state index contributed by atoms with van der Waals surface area (Å²) in [4.78, 5) is 23.3. The second-order valence-corrected chi connectivity index (χ2v) is 8.34. The Hall–Kier alpha value is -1.56. The van der Waals surface area contributed by atoms with Gasteiger partial charge in [-0.3, -0.25) is 4.79 Å². The van der Waals surface area contributed by atoms with Crippen LogP contribution in [0.4, 0.5) is 4.79 Å². The number of carbonyl (C=O) groups excluding carboxylic acids is 2. The molecule has 122 valence electrons. The minimum atomic E-state index is -0.732. The number of benzene rings is 1. The van der Waals surface area contributed by atoms with Crippen LogP contribution in [0.1, 0.15) is 40.2 Å². The molecule has 0 saturated carbocycles. The smallest absolute Gasteiger partial charge is 0.407 e. The quantitative estimate of drug-likeness (QED) is 0.496. The molecule has 0 spiro atoms. The number of esters is 1. The molecule has 0 aromatic heterocycles. The number of alkyl halides is 1. The van der Waals surface area contributed by atoms with Crippen molar-refractivity contribution in [3.05, 3.63) is 29.8 Å². The molecule has 5 nitrogen and oxygen atoms in total. The largest absolute Gasteiger partial charge is 0.444 e. The molecule has 1 aromatic rings. The summed E-state index contributed by atoms with van der Waals surface area (Å²) in [5.74, 6) is 0.0886. The summed E-state index contributed by atoms with van der Waals surface area (Å²) in [6, 6.07) is 6.92.